The van der Waals surface area contributed by atoms with E-state index in [0.29, 0.717) is 19.1 Å². The normalized spacial score (nSPS) is 23.9. The lowest BCUT2D eigenvalue weighted by Gasteiger charge is -2.56. The van der Waals surface area contributed by atoms with Gasteiger partial charge in [0.2, 0.25) is 0 Å². The second-order valence-corrected chi connectivity index (χ2v) is 10.7. The van der Waals surface area contributed by atoms with Crippen molar-refractivity contribution in [2.24, 2.45) is 5.41 Å². The fraction of sp³-hybridized carbons (Fsp3) is 0.536. The number of aliphatic hydroxyl groups is 1. The minimum atomic E-state index is -1.12. The number of hydrogen-bond acceptors (Lipinski definition) is 5. The highest BCUT2D eigenvalue weighted by molar-refractivity contribution is 5.67. The molecule has 33 heavy (non-hydrogen) atoms. The second kappa shape index (κ2) is 8.31. The molecule has 5 rings (SSSR count). The van der Waals surface area contributed by atoms with Crippen molar-refractivity contribution in [2.75, 3.05) is 33.4 Å². The third-order valence-corrected chi connectivity index (χ3v) is 7.88. The van der Waals surface area contributed by atoms with E-state index in [-0.39, 0.29) is 5.41 Å². The van der Waals surface area contributed by atoms with E-state index >= 15 is 0 Å². The van der Waals surface area contributed by atoms with Gasteiger partial charge in [-0.3, -0.25) is 4.98 Å². The molecule has 176 valence electrons. The van der Waals surface area contributed by atoms with Gasteiger partial charge in [0.25, 0.3) is 0 Å². The van der Waals surface area contributed by atoms with E-state index in [2.05, 4.69) is 74.1 Å². The first kappa shape index (κ1) is 22.7. The molecular formula is C28H36N2O3. The number of ether oxygens (including phenoxy) is 2. The molecule has 1 spiro atoms. The largest absolute Gasteiger partial charge is 0.380 e. The summed E-state index contributed by atoms with van der Waals surface area (Å²) in [5.41, 5.74) is 4.00. The predicted octanol–water partition coefficient (Wildman–Crippen LogP) is 4.70. The van der Waals surface area contributed by atoms with Crippen molar-refractivity contribution in [2.45, 2.75) is 57.3 Å². The van der Waals surface area contributed by atoms with Crippen LogP contribution in [0.25, 0.3) is 5.57 Å². The van der Waals surface area contributed by atoms with E-state index in [0.717, 1.165) is 49.0 Å². The average molecular weight is 449 g/mol. The first-order chi connectivity index (χ1) is 15.7. The van der Waals surface area contributed by atoms with Crippen LogP contribution in [0.15, 0.2) is 48.8 Å². The fourth-order valence-electron chi connectivity index (χ4n) is 5.99. The van der Waals surface area contributed by atoms with Crippen LogP contribution in [0, 0.1) is 5.41 Å². The van der Waals surface area contributed by atoms with Crippen LogP contribution >= 0.6 is 0 Å². The molecule has 1 atom stereocenters. The smallest absolute Gasteiger partial charge is 0.172 e. The Kier molecular flexibility index (Phi) is 5.73. The second-order valence-electron chi connectivity index (χ2n) is 10.7. The van der Waals surface area contributed by atoms with Crippen LogP contribution in [0.1, 0.15) is 68.2 Å². The minimum Gasteiger partial charge on any atom is -0.380 e. The number of aromatic nitrogens is 1. The van der Waals surface area contributed by atoms with Gasteiger partial charge in [-0.25, -0.2) is 0 Å². The molecule has 3 aliphatic rings. The standard InChI is InChI=1S/C28H36N2O3/c1-20(2)21-5-7-24(8-6-21)28(31,26(3)18-30(4)19-26)25-15-23(16-29-17-25)22-9-11-27(12-10-22)32-13-14-33-27/h5-9,15-17,20,31H,10-14,18-19H2,1-4H3/t28-/m0/s1. The Morgan fingerprint density at radius 3 is 2.33 bits per heavy atom. The molecule has 2 aromatic rings. The third-order valence-electron chi connectivity index (χ3n) is 7.88. The highest BCUT2D eigenvalue weighted by Gasteiger charge is 2.55. The van der Waals surface area contributed by atoms with Crippen LogP contribution in [0.2, 0.25) is 0 Å². The van der Waals surface area contributed by atoms with Crippen molar-refractivity contribution in [1.29, 1.82) is 0 Å². The van der Waals surface area contributed by atoms with Crippen LogP contribution in [0.5, 0.6) is 0 Å². The van der Waals surface area contributed by atoms with Crippen molar-refractivity contribution in [3.8, 4) is 0 Å². The van der Waals surface area contributed by atoms with Crippen molar-refractivity contribution in [3.63, 3.8) is 0 Å². The molecule has 5 heteroatoms. The molecule has 2 fully saturated rings. The van der Waals surface area contributed by atoms with Crippen LogP contribution in [-0.2, 0) is 15.1 Å². The molecule has 2 aliphatic heterocycles. The zero-order valence-corrected chi connectivity index (χ0v) is 20.3. The van der Waals surface area contributed by atoms with E-state index in [1.165, 1.54) is 11.1 Å². The van der Waals surface area contributed by atoms with E-state index < -0.39 is 11.4 Å². The maximum absolute atomic E-state index is 12.4. The molecule has 5 nitrogen and oxygen atoms in total. The fourth-order valence-corrected chi connectivity index (χ4v) is 5.99. The lowest BCUT2D eigenvalue weighted by molar-refractivity contribution is -0.159. The Morgan fingerprint density at radius 2 is 1.76 bits per heavy atom. The van der Waals surface area contributed by atoms with Crippen molar-refractivity contribution in [3.05, 3.63) is 71.1 Å². The average Bonchev–Trinajstić information content (AvgIpc) is 3.26. The summed E-state index contributed by atoms with van der Waals surface area (Å²) in [6.45, 7) is 9.60. The number of hydrogen-bond donors (Lipinski definition) is 1. The van der Waals surface area contributed by atoms with Crippen molar-refractivity contribution >= 4 is 5.57 Å². The molecule has 0 amide bonds. The molecule has 0 radical (unpaired) electrons. The monoisotopic (exact) mass is 448 g/mol. The van der Waals surface area contributed by atoms with E-state index in [9.17, 15) is 5.11 Å². The summed E-state index contributed by atoms with van der Waals surface area (Å²) in [4.78, 5) is 6.86. The van der Waals surface area contributed by atoms with Crippen LogP contribution in [0.3, 0.4) is 0 Å². The summed E-state index contributed by atoms with van der Waals surface area (Å²) < 4.78 is 11.8. The van der Waals surface area contributed by atoms with E-state index in [4.69, 9.17) is 9.47 Å². The Labute approximate surface area is 197 Å². The summed E-state index contributed by atoms with van der Waals surface area (Å²) in [7, 11) is 2.11. The first-order valence-corrected chi connectivity index (χ1v) is 12.2. The maximum atomic E-state index is 12.4. The molecule has 2 saturated heterocycles. The number of nitrogens with zero attached hydrogens (tertiary/aromatic N) is 2. The number of allylic oxidation sites excluding steroid dienone is 1. The molecule has 0 bridgehead atoms. The minimum absolute atomic E-state index is 0.294. The highest BCUT2D eigenvalue weighted by atomic mass is 16.7. The lowest BCUT2D eigenvalue weighted by Crippen LogP contribution is -2.63. The van der Waals surface area contributed by atoms with Gasteiger partial charge in [0.1, 0.15) is 5.60 Å². The molecule has 3 heterocycles. The van der Waals surface area contributed by atoms with Gasteiger partial charge in [0.15, 0.2) is 5.79 Å². The van der Waals surface area contributed by atoms with Gasteiger partial charge < -0.3 is 19.5 Å². The first-order valence-electron chi connectivity index (χ1n) is 12.2. The Hall–Kier alpha value is -2.05. The Bertz CT molecular complexity index is 1030. The summed E-state index contributed by atoms with van der Waals surface area (Å²) >= 11 is 0. The molecule has 0 saturated carbocycles. The van der Waals surface area contributed by atoms with Crippen molar-refractivity contribution in [1.82, 2.24) is 9.88 Å². The molecule has 1 N–H and O–H groups in total. The zero-order chi connectivity index (χ0) is 23.3. The van der Waals surface area contributed by atoms with Gasteiger partial charge in [0.05, 0.1) is 13.2 Å². The van der Waals surface area contributed by atoms with Crippen LogP contribution < -0.4 is 0 Å². The topological polar surface area (TPSA) is 54.8 Å². The summed E-state index contributed by atoms with van der Waals surface area (Å²) in [5.74, 6) is 0.0224. The molecule has 0 unspecified atom stereocenters. The van der Waals surface area contributed by atoms with Gasteiger partial charge in [-0.15, -0.1) is 0 Å². The number of likely N-dealkylation sites (tertiary alicyclic amines) is 1. The van der Waals surface area contributed by atoms with E-state index in [1.807, 2.05) is 12.4 Å². The van der Waals surface area contributed by atoms with Gasteiger partial charge >= 0.3 is 0 Å². The van der Waals surface area contributed by atoms with Crippen LogP contribution in [-0.4, -0.2) is 54.1 Å². The molecular weight excluding hydrogens is 412 g/mol. The van der Waals surface area contributed by atoms with Crippen molar-refractivity contribution < 1.29 is 14.6 Å². The number of rotatable bonds is 5. The van der Waals surface area contributed by atoms with Gasteiger partial charge in [0, 0.05) is 49.3 Å². The third kappa shape index (κ3) is 3.85. The Balaban J connectivity index is 1.52. The van der Waals surface area contributed by atoms with Gasteiger partial charge in [-0.2, -0.15) is 0 Å². The molecule has 1 aromatic heterocycles. The molecule has 1 aromatic carbocycles. The SMILES string of the molecule is CC(C)c1ccc([C@](O)(c2cncc(C3=CCC4(CC3)OCCO4)c2)C2(C)CN(C)C2)cc1. The summed E-state index contributed by atoms with van der Waals surface area (Å²) in [6.07, 6.45) is 8.48. The summed E-state index contributed by atoms with van der Waals surface area (Å²) in [5, 5.41) is 12.4. The molecule has 1 aliphatic carbocycles. The van der Waals surface area contributed by atoms with Gasteiger partial charge in [-0.1, -0.05) is 51.1 Å². The number of benzene rings is 1. The number of pyridine rings is 1. The predicted molar refractivity (Wildman–Crippen MR) is 130 cm³/mol. The maximum Gasteiger partial charge on any atom is 0.172 e. The lowest BCUT2D eigenvalue weighted by atomic mass is 9.62. The quantitative estimate of drug-likeness (QED) is 0.718. The zero-order valence-electron chi connectivity index (χ0n) is 20.3. The summed E-state index contributed by atoms with van der Waals surface area (Å²) in [6, 6.07) is 10.7. The Morgan fingerprint density at radius 1 is 1.06 bits per heavy atom. The highest BCUT2D eigenvalue weighted by Crippen LogP contribution is 2.50. The van der Waals surface area contributed by atoms with Gasteiger partial charge in [-0.05, 0) is 47.7 Å². The van der Waals surface area contributed by atoms with Crippen LogP contribution in [0.4, 0.5) is 0 Å². The van der Waals surface area contributed by atoms with E-state index in [1.54, 1.807) is 0 Å².